The second kappa shape index (κ2) is 8.67. The Hall–Kier alpha value is -1.39. The molecule has 0 aliphatic rings. The molecule has 0 spiro atoms. The van der Waals surface area contributed by atoms with Crippen LogP contribution < -0.4 is 5.32 Å². The molecule has 2 aromatic carbocycles. The first-order valence-corrected chi connectivity index (χ1v) is 6.41. The standard InChI is InChI=1S/C15H13BrN2.BrH/c16-14-9-4-5-10-15(14)18-12-6-11-17-13-7-2-1-3-8-13;/h1-12,18H;1H. The lowest BCUT2D eigenvalue weighted by Gasteiger charge is -2.01. The van der Waals surface area contributed by atoms with E-state index < -0.39 is 0 Å². The van der Waals surface area contributed by atoms with Crippen LogP contribution in [0.5, 0.6) is 0 Å². The van der Waals surface area contributed by atoms with E-state index in [1.165, 1.54) is 0 Å². The summed E-state index contributed by atoms with van der Waals surface area (Å²) in [6.45, 7) is 0. The number of nitrogens with zero attached hydrogens (tertiary/aromatic N) is 1. The van der Waals surface area contributed by atoms with Gasteiger partial charge >= 0.3 is 0 Å². The highest BCUT2D eigenvalue weighted by molar-refractivity contribution is 9.10. The lowest BCUT2D eigenvalue weighted by Crippen LogP contribution is -1.87. The molecule has 1 N–H and O–H groups in total. The topological polar surface area (TPSA) is 24.4 Å². The zero-order valence-corrected chi connectivity index (χ0v) is 13.5. The Kier molecular flexibility index (Phi) is 7.15. The van der Waals surface area contributed by atoms with Gasteiger partial charge in [-0.25, -0.2) is 0 Å². The summed E-state index contributed by atoms with van der Waals surface area (Å²) in [6.07, 6.45) is 5.48. The van der Waals surface area contributed by atoms with E-state index in [1.54, 1.807) is 6.21 Å². The fourth-order valence-corrected chi connectivity index (χ4v) is 1.80. The van der Waals surface area contributed by atoms with Gasteiger partial charge in [-0.1, -0.05) is 30.3 Å². The van der Waals surface area contributed by atoms with E-state index in [9.17, 15) is 0 Å². The van der Waals surface area contributed by atoms with E-state index >= 15 is 0 Å². The van der Waals surface area contributed by atoms with Crippen molar-refractivity contribution in [2.45, 2.75) is 0 Å². The first-order valence-electron chi connectivity index (χ1n) is 5.61. The van der Waals surface area contributed by atoms with Crippen LogP contribution in [0.15, 0.2) is 76.3 Å². The van der Waals surface area contributed by atoms with E-state index in [-0.39, 0.29) is 17.0 Å². The zero-order valence-electron chi connectivity index (χ0n) is 10.2. The molecule has 0 atom stereocenters. The molecule has 0 fully saturated rings. The summed E-state index contributed by atoms with van der Waals surface area (Å²) in [4.78, 5) is 4.30. The highest BCUT2D eigenvalue weighted by atomic mass is 79.9. The first kappa shape index (κ1) is 15.7. The average Bonchev–Trinajstić information content (AvgIpc) is 2.42. The second-order valence-corrected chi connectivity index (χ2v) is 4.45. The molecule has 98 valence electrons. The summed E-state index contributed by atoms with van der Waals surface area (Å²) in [5.41, 5.74) is 1.98. The molecule has 0 unspecified atom stereocenters. The fraction of sp³-hybridized carbons (Fsp3) is 0. The molecular formula is C15H14Br2N2. The van der Waals surface area contributed by atoms with Crippen molar-refractivity contribution in [1.29, 1.82) is 0 Å². The highest BCUT2D eigenvalue weighted by Gasteiger charge is 1.92. The van der Waals surface area contributed by atoms with Gasteiger partial charge in [0.2, 0.25) is 0 Å². The normalized spacial score (nSPS) is 10.6. The molecule has 2 nitrogen and oxygen atoms in total. The molecule has 0 aliphatic carbocycles. The van der Waals surface area contributed by atoms with Crippen LogP contribution in [0.25, 0.3) is 0 Å². The van der Waals surface area contributed by atoms with Gasteiger partial charge in [-0.05, 0) is 46.3 Å². The third kappa shape index (κ3) is 5.41. The van der Waals surface area contributed by atoms with Gasteiger partial charge in [-0.2, -0.15) is 0 Å². The Labute approximate surface area is 132 Å². The van der Waals surface area contributed by atoms with Gasteiger partial charge in [-0.15, -0.1) is 17.0 Å². The molecular weight excluding hydrogens is 368 g/mol. The van der Waals surface area contributed by atoms with Gasteiger partial charge in [0.15, 0.2) is 0 Å². The Morgan fingerprint density at radius 3 is 2.37 bits per heavy atom. The highest BCUT2D eigenvalue weighted by Crippen LogP contribution is 2.20. The summed E-state index contributed by atoms with van der Waals surface area (Å²) in [7, 11) is 0. The summed E-state index contributed by atoms with van der Waals surface area (Å²) >= 11 is 3.47. The number of nitrogens with one attached hydrogen (secondary N) is 1. The predicted molar refractivity (Wildman–Crippen MR) is 91.8 cm³/mol. The molecule has 0 aromatic heterocycles. The Bertz CT molecular complexity index is 551. The largest absolute Gasteiger partial charge is 0.361 e. The average molecular weight is 382 g/mol. The van der Waals surface area contributed by atoms with Crippen LogP contribution in [0.1, 0.15) is 0 Å². The number of anilines is 1. The molecule has 0 heterocycles. The number of rotatable bonds is 4. The lowest BCUT2D eigenvalue weighted by molar-refractivity contribution is 1.53. The minimum absolute atomic E-state index is 0. The summed E-state index contributed by atoms with van der Waals surface area (Å²) < 4.78 is 1.04. The van der Waals surface area contributed by atoms with Crippen LogP contribution in [0.3, 0.4) is 0 Å². The van der Waals surface area contributed by atoms with Crippen LogP contribution in [-0.4, -0.2) is 6.21 Å². The minimum atomic E-state index is 0. The molecule has 0 bridgehead atoms. The van der Waals surface area contributed by atoms with Crippen molar-refractivity contribution >= 4 is 50.5 Å². The van der Waals surface area contributed by atoms with Gasteiger partial charge in [0, 0.05) is 16.9 Å². The lowest BCUT2D eigenvalue weighted by atomic mass is 10.3. The fourth-order valence-electron chi connectivity index (χ4n) is 1.40. The van der Waals surface area contributed by atoms with Crippen molar-refractivity contribution in [3.05, 3.63) is 71.3 Å². The van der Waals surface area contributed by atoms with Crippen LogP contribution in [0.2, 0.25) is 0 Å². The maximum Gasteiger partial charge on any atom is 0.0629 e. The van der Waals surface area contributed by atoms with Gasteiger partial charge in [-0.3, -0.25) is 4.99 Å². The van der Waals surface area contributed by atoms with Crippen molar-refractivity contribution in [1.82, 2.24) is 0 Å². The Morgan fingerprint density at radius 2 is 1.63 bits per heavy atom. The van der Waals surface area contributed by atoms with E-state index in [4.69, 9.17) is 0 Å². The molecule has 2 rings (SSSR count). The zero-order chi connectivity index (χ0) is 12.6. The molecule has 0 aliphatic heterocycles. The van der Waals surface area contributed by atoms with Gasteiger partial charge in [0.1, 0.15) is 0 Å². The quantitative estimate of drug-likeness (QED) is 0.708. The molecule has 0 radical (unpaired) electrons. The monoisotopic (exact) mass is 380 g/mol. The maximum atomic E-state index is 4.30. The molecule has 2 aromatic rings. The molecule has 4 heteroatoms. The molecule has 0 amide bonds. The van der Waals surface area contributed by atoms with Crippen molar-refractivity contribution in [2.24, 2.45) is 4.99 Å². The number of para-hydroxylation sites is 2. The Morgan fingerprint density at radius 1 is 0.947 bits per heavy atom. The van der Waals surface area contributed by atoms with Gasteiger partial charge < -0.3 is 5.32 Å². The molecule has 0 saturated heterocycles. The van der Waals surface area contributed by atoms with Gasteiger partial charge in [0.05, 0.1) is 11.4 Å². The third-order valence-corrected chi connectivity index (χ3v) is 2.97. The van der Waals surface area contributed by atoms with E-state index in [1.807, 2.05) is 66.9 Å². The number of aliphatic imine (C=N–C) groups is 1. The smallest absolute Gasteiger partial charge is 0.0629 e. The predicted octanol–water partition coefficient (Wildman–Crippen LogP) is 5.36. The van der Waals surface area contributed by atoms with Crippen molar-refractivity contribution < 1.29 is 0 Å². The molecule has 19 heavy (non-hydrogen) atoms. The van der Waals surface area contributed by atoms with E-state index in [2.05, 4.69) is 26.2 Å². The van der Waals surface area contributed by atoms with E-state index in [0.29, 0.717) is 0 Å². The maximum absolute atomic E-state index is 4.30. The van der Waals surface area contributed by atoms with Gasteiger partial charge in [0.25, 0.3) is 0 Å². The van der Waals surface area contributed by atoms with Crippen LogP contribution in [0, 0.1) is 0 Å². The number of benzene rings is 2. The van der Waals surface area contributed by atoms with E-state index in [0.717, 1.165) is 15.8 Å². The van der Waals surface area contributed by atoms with Crippen LogP contribution in [-0.2, 0) is 0 Å². The summed E-state index contributed by atoms with van der Waals surface area (Å²) in [5.74, 6) is 0. The van der Waals surface area contributed by atoms with Crippen molar-refractivity contribution in [3.8, 4) is 0 Å². The number of hydrogen-bond donors (Lipinski definition) is 1. The Balaban J connectivity index is 0.00000180. The summed E-state index contributed by atoms with van der Waals surface area (Å²) in [6, 6.07) is 17.8. The number of hydrogen-bond acceptors (Lipinski definition) is 2. The number of allylic oxidation sites excluding steroid dienone is 1. The second-order valence-electron chi connectivity index (χ2n) is 3.60. The summed E-state index contributed by atoms with van der Waals surface area (Å²) in [5, 5.41) is 3.18. The van der Waals surface area contributed by atoms with Crippen molar-refractivity contribution in [2.75, 3.05) is 5.32 Å². The SMILES string of the molecule is Br.Brc1ccccc1NC=CC=Nc1ccccc1. The molecule has 0 saturated carbocycles. The van der Waals surface area contributed by atoms with Crippen LogP contribution in [0.4, 0.5) is 11.4 Å². The van der Waals surface area contributed by atoms with Crippen molar-refractivity contribution in [3.63, 3.8) is 0 Å². The minimum Gasteiger partial charge on any atom is -0.361 e. The first-order chi connectivity index (χ1) is 8.86. The number of halogens is 2. The third-order valence-electron chi connectivity index (χ3n) is 2.27. The van der Waals surface area contributed by atoms with Crippen LogP contribution >= 0.6 is 32.9 Å².